The second-order valence-corrected chi connectivity index (χ2v) is 2.73. The molecule has 0 unspecified atom stereocenters. The highest BCUT2D eigenvalue weighted by atomic mass is 16.6. The molecule has 0 aromatic carbocycles. The number of rotatable bonds is 4. The Kier molecular flexibility index (Phi) is 3.35. The van der Waals surface area contributed by atoms with Crippen LogP contribution in [0, 0.1) is 10.1 Å². The van der Waals surface area contributed by atoms with Gasteiger partial charge >= 0.3 is 11.2 Å². The lowest BCUT2D eigenvalue weighted by atomic mass is 10.4. The molecular formula is C8H10N2O4. The van der Waals surface area contributed by atoms with Crippen molar-refractivity contribution in [1.82, 2.24) is 4.57 Å². The van der Waals surface area contributed by atoms with Crippen molar-refractivity contribution in [3.63, 3.8) is 0 Å². The van der Waals surface area contributed by atoms with Gasteiger partial charge in [-0.25, -0.2) is 0 Å². The van der Waals surface area contributed by atoms with Gasteiger partial charge in [-0.05, 0) is 12.5 Å². The van der Waals surface area contributed by atoms with E-state index in [9.17, 15) is 14.9 Å². The van der Waals surface area contributed by atoms with Crippen LogP contribution in [0.4, 0.5) is 5.69 Å². The molecule has 6 heteroatoms. The van der Waals surface area contributed by atoms with E-state index in [4.69, 9.17) is 5.11 Å². The Balaban J connectivity index is 3.02. The van der Waals surface area contributed by atoms with E-state index in [1.54, 1.807) is 0 Å². The number of nitrogens with zero attached hydrogens (tertiary/aromatic N) is 2. The molecule has 1 N–H and O–H groups in total. The Bertz CT molecular complexity index is 385. The third-order valence-corrected chi connectivity index (χ3v) is 1.75. The van der Waals surface area contributed by atoms with Gasteiger partial charge in [0.25, 0.3) is 0 Å². The number of hydrogen-bond donors (Lipinski definition) is 1. The highest BCUT2D eigenvalue weighted by Crippen LogP contribution is 2.01. The normalized spacial score (nSPS) is 10.1. The van der Waals surface area contributed by atoms with Crippen LogP contribution in [0.1, 0.15) is 6.42 Å². The van der Waals surface area contributed by atoms with Crippen molar-refractivity contribution >= 4 is 5.69 Å². The van der Waals surface area contributed by atoms with Gasteiger partial charge in [-0.15, -0.1) is 0 Å². The van der Waals surface area contributed by atoms with Crippen LogP contribution in [0.15, 0.2) is 23.1 Å². The first kappa shape index (κ1) is 10.4. The molecule has 1 aromatic heterocycles. The standard InChI is InChI=1S/C8H10N2O4/c11-6-2-5-9-4-1-3-7(8(9)12)10(13)14/h1,3-4,11H,2,5-6H2. The van der Waals surface area contributed by atoms with E-state index in [1.807, 2.05) is 0 Å². The minimum Gasteiger partial charge on any atom is -0.396 e. The monoisotopic (exact) mass is 198 g/mol. The fourth-order valence-electron chi connectivity index (χ4n) is 1.08. The topological polar surface area (TPSA) is 85.4 Å². The number of aryl methyl sites for hydroxylation is 1. The van der Waals surface area contributed by atoms with Gasteiger partial charge in [-0.1, -0.05) is 0 Å². The molecule has 0 saturated carbocycles. The molecule has 6 nitrogen and oxygen atoms in total. The molecule has 14 heavy (non-hydrogen) atoms. The third-order valence-electron chi connectivity index (χ3n) is 1.75. The maximum absolute atomic E-state index is 11.4. The highest BCUT2D eigenvalue weighted by Gasteiger charge is 2.12. The second-order valence-electron chi connectivity index (χ2n) is 2.73. The lowest BCUT2D eigenvalue weighted by Gasteiger charge is -2.02. The number of aromatic nitrogens is 1. The average molecular weight is 198 g/mol. The van der Waals surface area contributed by atoms with Gasteiger partial charge in [0.05, 0.1) is 4.92 Å². The Morgan fingerprint density at radius 2 is 2.29 bits per heavy atom. The van der Waals surface area contributed by atoms with Crippen LogP contribution in [0.5, 0.6) is 0 Å². The molecule has 1 heterocycles. The van der Waals surface area contributed by atoms with Crippen molar-refractivity contribution in [2.45, 2.75) is 13.0 Å². The maximum atomic E-state index is 11.4. The zero-order valence-electron chi connectivity index (χ0n) is 7.42. The summed E-state index contributed by atoms with van der Waals surface area (Å²) in [6, 6.07) is 2.61. The fraction of sp³-hybridized carbons (Fsp3) is 0.375. The Hall–Kier alpha value is -1.69. The SMILES string of the molecule is O=c1c([N+](=O)[O-])cccn1CCCO. The van der Waals surface area contributed by atoms with E-state index in [0.717, 1.165) is 6.07 Å². The summed E-state index contributed by atoms with van der Waals surface area (Å²) in [7, 11) is 0. The summed E-state index contributed by atoms with van der Waals surface area (Å²) in [4.78, 5) is 21.0. The van der Waals surface area contributed by atoms with Gasteiger partial charge in [-0.3, -0.25) is 14.9 Å². The van der Waals surface area contributed by atoms with E-state index in [0.29, 0.717) is 6.42 Å². The van der Waals surface area contributed by atoms with Crippen LogP contribution in [0.3, 0.4) is 0 Å². The van der Waals surface area contributed by atoms with E-state index < -0.39 is 16.2 Å². The number of pyridine rings is 1. The van der Waals surface area contributed by atoms with Gasteiger partial charge in [0.15, 0.2) is 0 Å². The van der Waals surface area contributed by atoms with E-state index in [1.165, 1.54) is 16.8 Å². The molecule has 76 valence electrons. The first-order chi connectivity index (χ1) is 6.66. The predicted molar refractivity (Wildman–Crippen MR) is 49.1 cm³/mol. The fourth-order valence-corrected chi connectivity index (χ4v) is 1.08. The van der Waals surface area contributed by atoms with E-state index in [-0.39, 0.29) is 13.2 Å². The van der Waals surface area contributed by atoms with Crippen molar-refractivity contribution in [2.24, 2.45) is 0 Å². The Morgan fingerprint density at radius 3 is 2.86 bits per heavy atom. The minimum absolute atomic E-state index is 0.0465. The molecule has 0 bridgehead atoms. The molecular weight excluding hydrogens is 188 g/mol. The van der Waals surface area contributed by atoms with Crippen molar-refractivity contribution < 1.29 is 10.0 Å². The quantitative estimate of drug-likeness (QED) is 0.550. The summed E-state index contributed by atoms with van der Waals surface area (Å²) in [5.74, 6) is 0. The molecule has 0 saturated heterocycles. The summed E-state index contributed by atoms with van der Waals surface area (Å²) >= 11 is 0. The number of aliphatic hydroxyl groups excluding tert-OH is 1. The van der Waals surface area contributed by atoms with Gasteiger partial charge in [0.1, 0.15) is 0 Å². The summed E-state index contributed by atoms with van der Waals surface area (Å²) < 4.78 is 1.22. The molecule has 0 aliphatic rings. The summed E-state index contributed by atoms with van der Waals surface area (Å²) in [6.45, 7) is 0.242. The van der Waals surface area contributed by atoms with Crippen LogP contribution >= 0.6 is 0 Å². The van der Waals surface area contributed by atoms with Crippen LogP contribution < -0.4 is 5.56 Å². The summed E-state index contributed by atoms with van der Waals surface area (Å²) in [5.41, 5.74) is -1.07. The average Bonchev–Trinajstić information content (AvgIpc) is 2.16. The molecule has 0 aliphatic carbocycles. The van der Waals surface area contributed by atoms with Gasteiger partial charge in [0, 0.05) is 25.4 Å². The highest BCUT2D eigenvalue weighted by molar-refractivity contribution is 5.24. The first-order valence-electron chi connectivity index (χ1n) is 4.11. The van der Waals surface area contributed by atoms with Crippen molar-refractivity contribution in [3.05, 3.63) is 38.8 Å². The zero-order chi connectivity index (χ0) is 10.6. The molecule has 0 amide bonds. The lowest BCUT2D eigenvalue weighted by Crippen LogP contribution is -2.22. The van der Waals surface area contributed by atoms with Crippen LogP contribution in [0.2, 0.25) is 0 Å². The summed E-state index contributed by atoms with van der Waals surface area (Å²) in [6.07, 6.45) is 1.87. The largest absolute Gasteiger partial charge is 0.396 e. The van der Waals surface area contributed by atoms with E-state index in [2.05, 4.69) is 0 Å². The molecule has 0 aliphatic heterocycles. The smallest absolute Gasteiger partial charge is 0.334 e. The molecule has 1 aromatic rings. The maximum Gasteiger partial charge on any atom is 0.334 e. The molecule has 0 atom stereocenters. The van der Waals surface area contributed by atoms with Gasteiger partial charge in [0.2, 0.25) is 0 Å². The number of aliphatic hydroxyl groups is 1. The lowest BCUT2D eigenvalue weighted by molar-refractivity contribution is -0.386. The van der Waals surface area contributed by atoms with Crippen LogP contribution in [-0.4, -0.2) is 21.2 Å². The number of hydrogen-bond acceptors (Lipinski definition) is 4. The molecule has 0 spiro atoms. The molecule has 0 radical (unpaired) electrons. The van der Waals surface area contributed by atoms with Crippen molar-refractivity contribution in [3.8, 4) is 0 Å². The predicted octanol–water partition coefficient (Wildman–Crippen LogP) is 0.139. The second kappa shape index (κ2) is 4.52. The third kappa shape index (κ3) is 2.17. The van der Waals surface area contributed by atoms with Crippen LogP contribution in [0.25, 0.3) is 0 Å². The Labute approximate surface area is 79.6 Å². The van der Waals surface area contributed by atoms with Crippen molar-refractivity contribution in [1.29, 1.82) is 0 Å². The minimum atomic E-state index is -0.711. The van der Waals surface area contributed by atoms with Gasteiger partial charge < -0.3 is 9.67 Å². The molecule has 0 fully saturated rings. The number of nitro groups is 1. The van der Waals surface area contributed by atoms with Gasteiger partial charge in [-0.2, -0.15) is 0 Å². The first-order valence-corrected chi connectivity index (χ1v) is 4.11. The molecule has 1 rings (SSSR count). The zero-order valence-corrected chi connectivity index (χ0v) is 7.42. The van der Waals surface area contributed by atoms with Crippen LogP contribution in [-0.2, 0) is 6.54 Å². The summed E-state index contributed by atoms with van der Waals surface area (Å²) in [5, 5.41) is 18.9. The van der Waals surface area contributed by atoms with Crippen molar-refractivity contribution in [2.75, 3.05) is 6.61 Å². The Morgan fingerprint density at radius 1 is 1.57 bits per heavy atom. The van der Waals surface area contributed by atoms with E-state index >= 15 is 0 Å².